The standard InChI is InChI=1S/C31H31F3N4O3/c1-19-8-9-22(16-27(19)36-20(2)39)29(40)37-13-10-23-17-38(18-24(23)11-14-37)30(41)26-7-4-12-35-28(26)21-5-3-6-25(15-21)31(32,33)34/h3-9,12,15-16,23-24H,10-11,13-14,17-18H2,1-2H3,(H,36,39)/t23-,24+. The lowest BCUT2D eigenvalue weighted by molar-refractivity contribution is -0.137. The normalized spacial score (nSPS) is 19.0. The molecule has 0 spiro atoms. The molecule has 2 fully saturated rings. The number of likely N-dealkylation sites (tertiary alicyclic amines) is 2. The number of aromatic nitrogens is 1. The molecule has 0 aliphatic carbocycles. The lowest BCUT2D eigenvalue weighted by Gasteiger charge is -2.23. The van der Waals surface area contributed by atoms with Gasteiger partial charge < -0.3 is 15.1 Å². The summed E-state index contributed by atoms with van der Waals surface area (Å²) >= 11 is 0. The number of halogens is 3. The predicted molar refractivity (Wildman–Crippen MR) is 148 cm³/mol. The summed E-state index contributed by atoms with van der Waals surface area (Å²) in [4.78, 5) is 46.3. The van der Waals surface area contributed by atoms with E-state index in [4.69, 9.17) is 0 Å². The predicted octanol–water partition coefficient (Wildman–Crippen LogP) is 5.66. The molecule has 2 saturated heterocycles. The minimum absolute atomic E-state index is 0.0920. The summed E-state index contributed by atoms with van der Waals surface area (Å²) in [6.07, 6.45) is -1.56. The maximum Gasteiger partial charge on any atom is 0.416 e. The molecule has 3 aromatic rings. The number of amides is 3. The number of hydrogen-bond donors (Lipinski definition) is 1. The highest BCUT2D eigenvalue weighted by Crippen LogP contribution is 2.36. The molecule has 0 saturated carbocycles. The fraction of sp³-hybridized carbons (Fsp3) is 0.355. The second-order valence-electron chi connectivity index (χ2n) is 10.8. The maximum atomic E-state index is 13.6. The minimum atomic E-state index is -4.50. The molecular weight excluding hydrogens is 533 g/mol. The Morgan fingerprint density at radius 1 is 0.902 bits per heavy atom. The molecule has 2 aromatic carbocycles. The monoisotopic (exact) mass is 564 g/mol. The zero-order valence-electron chi connectivity index (χ0n) is 22.9. The van der Waals surface area contributed by atoms with Gasteiger partial charge in [0.2, 0.25) is 5.91 Å². The SMILES string of the molecule is CC(=O)Nc1cc(C(=O)N2CC[C@@H]3CN(C(=O)c4cccnc4-c4cccc(C(F)(F)F)c4)C[C@@H]3CC2)ccc1C. The highest BCUT2D eigenvalue weighted by molar-refractivity contribution is 6.00. The van der Waals surface area contributed by atoms with E-state index in [1.54, 1.807) is 29.2 Å². The molecule has 214 valence electrons. The molecule has 2 aliphatic heterocycles. The summed E-state index contributed by atoms with van der Waals surface area (Å²) in [6.45, 7) is 5.42. The first-order valence-corrected chi connectivity index (χ1v) is 13.6. The molecule has 0 radical (unpaired) electrons. The number of alkyl halides is 3. The van der Waals surface area contributed by atoms with E-state index in [-0.39, 0.29) is 46.4 Å². The van der Waals surface area contributed by atoms with Gasteiger partial charge in [-0.1, -0.05) is 18.2 Å². The Morgan fingerprint density at radius 2 is 1.61 bits per heavy atom. The van der Waals surface area contributed by atoms with E-state index >= 15 is 0 Å². The number of aryl methyl sites for hydroxylation is 1. The quantitative estimate of drug-likeness (QED) is 0.444. The Bertz CT molecular complexity index is 1470. The lowest BCUT2D eigenvalue weighted by atomic mass is 9.92. The van der Waals surface area contributed by atoms with Crippen molar-refractivity contribution in [3.63, 3.8) is 0 Å². The van der Waals surface area contributed by atoms with E-state index in [1.165, 1.54) is 25.3 Å². The van der Waals surface area contributed by atoms with E-state index in [2.05, 4.69) is 10.3 Å². The minimum Gasteiger partial charge on any atom is -0.339 e. The average Bonchev–Trinajstić information content (AvgIpc) is 3.25. The van der Waals surface area contributed by atoms with E-state index < -0.39 is 11.7 Å². The average molecular weight is 565 g/mol. The van der Waals surface area contributed by atoms with Gasteiger partial charge in [-0.25, -0.2) is 0 Å². The van der Waals surface area contributed by atoms with Crippen molar-refractivity contribution in [3.8, 4) is 11.3 Å². The number of benzene rings is 2. The smallest absolute Gasteiger partial charge is 0.339 e. The number of hydrogen-bond acceptors (Lipinski definition) is 4. The third-order valence-corrected chi connectivity index (χ3v) is 7.99. The number of carbonyl (C=O) groups excluding carboxylic acids is 3. The van der Waals surface area contributed by atoms with Crippen molar-refractivity contribution in [2.45, 2.75) is 32.9 Å². The van der Waals surface area contributed by atoms with E-state index in [0.29, 0.717) is 37.4 Å². The third-order valence-electron chi connectivity index (χ3n) is 7.99. The molecule has 3 amide bonds. The van der Waals surface area contributed by atoms with Crippen LogP contribution in [0.1, 0.15) is 51.6 Å². The van der Waals surface area contributed by atoms with E-state index in [1.807, 2.05) is 17.9 Å². The van der Waals surface area contributed by atoms with E-state index in [9.17, 15) is 27.6 Å². The van der Waals surface area contributed by atoms with E-state index in [0.717, 1.165) is 30.5 Å². The van der Waals surface area contributed by atoms with Crippen molar-refractivity contribution in [3.05, 3.63) is 83.0 Å². The van der Waals surface area contributed by atoms with Gasteiger partial charge in [0.05, 0.1) is 16.8 Å². The Morgan fingerprint density at radius 3 is 2.27 bits per heavy atom. The Labute approximate surface area is 236 Å². The van der Waals surface area contributed by atoms with Crippen LogP contribution in [0.2, 0.25) is 0 Å². The fourth-order valence-corrected chi connectivity index (χ4v) is 5.80. The Kier molecular flexibility index (Phi) is 7.84. The number of anilines is 1. The lowest BCUT2D eigenvalue weighted by Crippen LogP contribution is -2.34. The summed E-state index contributed by atoms with van der Waals surface area (Å²) in [6, 6.07) is 13.4. The number of nitrogens with zero attached hydrogens (tertiary/aromatic N) is 3. The van der Waals surface area contributed by atoms with Gasteiger partial charge >= 0.3 is 6.18 Å². The second kappa shape index (κ2) is 11.3. The summed E-state index contributed by atoms with van der Waals surface area (Å²) in [7, 11) is 0. The molecule has 2 atom stereocenters. The molecule has 10 heteroatoms. The van der Waals surface area contributed by atoms with Crippen LogP contribution in [0, 0.1) is 18.8 Å². The van der Waals surface area contributed by atoms with Gasteiger partial charge in [0.25, 0.3) is 11.8 Å². The Hall–Kier alpha value is -4.21. The van der Waals surface area contributed by atoms with Gasteiger partial charge in [-0.3, -0.25) is 19.4 Å². The van der Waals surface area contributed by atoms with Crippen molar-refractivity contribution >= 4 is 23.4 Å². The third kappa shape index (κ3) is 6.11. The number of nitrogens with one attached hydrogen (secondary N) is 1. The topological polar surface area (TPSA) is 82.6 Å². The van der Waals surface area contributed by atoms with Crippen LogP contribution in [0.4, 0.5) is 18.9 Å². The summed E-state index contributed by atoms with van der Waals surface area (Å²) in [5, 5.41) is 2.77. The first-order valence-electron chi connectivity index (χ1n) is 13.6. The number of fused-ring (bicyclic) bond motifs is 1. The van der Waals surface area contributed by atoms with Crippen LogP contribution in [0.3, 0.4) is 0 Å². The molecule has 41 heavy (non-hydrogen) atoms. The highest BCUT2D eigenvalue weighted by Gasteiger charge is 2.39. The van der Waals surface area contributed by atoms with Gasteiger partial charge in [-0.2, -0.15) is 13.2 Å². The van der Waals surface area contributed by atoms with Gasteiger partial charge in [0.1, 0.15) is 0 Å². The van der Waals surface area contributed by atoms with Crippen molar-refractivity contribution < 1.29 is 27.6 Å². The molecule has 2 aliphatic rings. The van der Waals surface area contributed by atoms with Crippen molar-refractivity contribution in [2.24, 2.45) is 11.8 Å². The number of rotatable bonds is 4. The van der Waals surface area contributed by atoms with Crippen molar-refractivity contribution in [1.29, 1.82) is 0 Å². The van der Waals surface area contributed by atoms with Crippen LogP contribution in [0.15, 0.2) is 60.8 Å². The van der Waals surface area contributed by atoms with Crippen LogP contribution in [-0.2, 0) is 11.0 Å². The molecule has 1 N–H and O–H groups in total. The molecule has 1 aromatic heterocycles. The summed E-state index contributed by atoms with van der Waals surface area (Å²) < 4.78 is 39.9. The molecular formula is C31H31F3N4O3. The molecule has 0 unspecified atom stereocenters. The molecule has 0 bridgehead atoms. The second-order valence-corrected chi connectivity index (χ2v) is 10.8. The van der Waals surface area contributed by atoms with Gasteiger partial charge in [0, 0.05) is 56.1 Å². The zero-order valence-corrected chi connectivity index (χ0v) is 22.9. The number of carbonyl (C=O) groups is 3. The van der Waals surface area contributed by atoms with Crippen LogP contribution < -0.4 is 5.32 Å². The van der Waals surface area contributed by atoms with Crippen molar-refractivity contribution in [2.75, 3.05) is 31.5 Å². The maximum absolute atomic E-state index is 13.6. The highest BCUT2D eigenvalue weighted by atomic mass is 19.4. The van der Waals surface area contributed by atoms with Gasteiger partial charge in [-0.05, 0) is 73.6 Å². The van der Waals surface area contributed by atoms with Gasteiger partial charge in [-0.15, -0.1) is 0 Å². The van der Waals surface area contributed by atoms with Gasteiger partial charge in [0.15, 0.2) is 0 Å². The number of pyridine rings is 1. The first kappa shape index (κ1) is 28.3. The summed E-state index contributed by atoms with van der Waals surface area (Å²) in [5.74, 6) is -0.133. The molecule has 5 rings (SSSR count). The van der Waals surface area contributed by atoms with Crippen LogP contribution in [-0.4, -0.2) is 58.7 Å². The van der Waals surface area contributed by atoms with Crippen LogP contribution in [0.25, 0.3) is 11.3 Å². The molecule has 7 nitrogen and oxygen atoms in total. The van der Waals surface area contributed by atoms with Crippen LogP contribution in [0.5, 0.6) is 0 Å². The van der Waals surface area contributed by atoms with Crippen LogP contribution >= 0.6 is 0 Å². The fourth-order valence-electron chi connectivity index (χ4n) is 5.80. The summed E-state index contributed by atoms with van der Waals surface area (Å²) in [5.41, 5.74) is 1.95. The Balaban J connectivity index is 1.27. The van der Waals surface area contributed by atoms with Crippen molar-refractivity contribution in [1.82, 2.24) is 14.8 Å². The largest absolute Gasteiger partial charge is 0.416 e. The molecule has 3 heterocycles. The first-order chi connectivity index (χ1) is 19.5. The zero-order chi connectivity index (χ0) is 29.3.